The molecule has 0 spiro atoms. The lowest BCUT2D eigenvalue weighted by atomic mass is 10.2. The SMILES string of the molecule is CC(OC(=O)CCC(=O)c1cccs1)C(=O)Nc1cc(Cl)cc(Cl)c1. The molecule has 2 rings (SSSR count). The van der Waals surface area contributed by atoms with Crippen LogP contribution < -0.4 is 5.32 Å². The van der Waals surface area contributed by atoms with Crippen LogP contribution in [0.15, 0.2) is 35.7 Å². The molecule has 5 nitrogen and oxygen atoms in total. The van der Waals surface area contributed by atoms with E-state index in [4.69, 9.17) is 27.9 Å². The van der Waals surface area contributed by atoms with Gasteiger partial charge in [0.15, 0.2) is 11.9 Å². The first-order valence-electron chi connectivity index (χ1n) is 7.38. The standard InChI is InChI=1S/C17H15Cl2NO4S/c1-10(17(23)20-13-8-11(18)7-12(19)9-13)24-16(22)5-4-14(21)15-3-2-6-25-15/h2-3,6-10H,4-5H2,1H3,(H,20,23). The number of ketones is 1. The fourth-order valence-corrected chi connectivity index (χ4v) is 3.18. The fourth-order valence-electron chi connectivity index (χ4n) is 1.96. The van der Waals surface area contributed by atoms with E-state index in [0.717, 1.165) is 0 Å². The van der Waals surface area contributed by atoms with Crippen molar-refractivity contribution in [2.45, 2.75) is 25.9 Å². The predicted molar refractivity (Wildman–Crippen MR) is 98.5 cm³/mol. The smallest absolute Gasteiger partial charge is 0.307 e. The van der Waals surface area contributed by atoms with Crippen LogP contribution in [0.3, 0.4) is 0 Å². The molecule has 0 aliphatic rings. The molecule has 1 aromatic heterocycles. The molecule has 132 valence electrons. The van der Waals surface area contributed by atoms with Gasteiger partial charge in [-0.3, -0.25) is 14.4 Å². The molecule has 1 amide bonds. The van der Waals surface area contributed by atoms with E-state index in [9.17, 15) is 14.4 Å². The molecule has 1 aromatic carbocycles. The minimum Gasteiger partial charge on any atom is -0.453 e. The molecule has 1 unspecified atom stereocenters. The third-order valence-corrected chi connectivity index (χ3v) is 4.51. The Morgan fingerprint density at radius 1 is 1.16 bits per heavy atom. The average Bonchev–Trinajstić information content (AvgIpc) is 3.06. The van der Waals surface area contributed by atoms with Crippen molar-refractivity contribution in [3.8, 4) is 0 Å². The summed E-state index contributed by atoms with van der Waals surface area (Å²) < 4.78 is 5.05. The monoisotopic (exact) mass is 399 g/mol. The number of hydrogen-bond donors (Lipinski definition) is 1. The number of ether oxygens (including phenoxy) is 1. The maximum atomic E-state index is 12.1. The first-order chi connectivity index (χ1) is 11.8. The minimum absolute atomic E-state index is 0.0393. The fraction of sp³-hybridized carbons (Fsp3) is 0.235. The first-order valence-corrected chi connectivity index (χ1v) is 9.02. The summed E-state index contributed by atoms with van der Waals surface area (Å²) in [5.74, 6) is -1.26. The van der Waals surface area contributed by atoms with Crippen LogP contribution in [0.5, 0.6) is 0 Å². The van der Waals surface area contributed by atoms with Crippen molar-refractivity contribution in [1.82, 2.24) is 0 Å². The zero-order valence-corrected chi connectivity index (χ0v) is 15.6. The second-order valence-corrected chi connectivity index (χ2v) is 7.00. The molecule has 25 heavy (non-hydrogen) atoms. The van der Waals surface area contributed by atoms with Crippen molar-refractivity contribution < 1.29 is 19.1 Å². The predicted octanol–water partition coefficient (Wildman–Crippen LogP) is 4.59. The highest BCUT2D eigenvalue weighted by Crippen LogP contribution is 2.22. The van der Waals surface area contributed by atoms with Crippen molar-refractivity contribution in [2.24, 2.45) is 0 Å². The van der Waals surface area contributed by atoms with Gasteiger partial charge < -0.3 is 10.1 Å². The zero-order valence-electron chi connectivity index (χ0n) is 13.3. The van der Waals surface area contributed by atoms with E-state index in [1.807, 2.05) is 0 Å². The number of rotatable bonds is 7. The van der Waals surface area contributed by atoms with Gasteiger partial charge in [0.1, 0.15) is 0 Å². The van der Waals surface area contributed by atoms with Gasteiger partial charge in [0.05, 0.1) is 11.3 Å². The van der Waals surface area contributed by atoms with Crippen LogP contribution in [-0.4, -0.2) is 23.8 Å². The molecular weight excluding hydrogens is 385 g/mol. The van der Waals surface area contributed by atoms with Crippen molar-refractivity contribution in [3.63, 3.8) is 0 Å². The van der Waals surface area contributed by atoms with Crippen LogP contribution in [0, 0.1) is 0 Å². The number of halogens is 2. The Balaban J connectivity index is 1.81. The van der Waals surface area contributed by atoms with E-state index in [1.54, 1.807) is 17.5 Å². The molecule has 8 heteroatoms. The molecule has 1 heterocycles. The number of benzene rings is 1. The highest BCUT2D eigenvalue weighted by Gasteiger charge is 2.19. The second-order valence-electron chi connectivity index (χ2n) is 5.18. The molecule has 0 saturated heterocycles. The van der Waals surface area contributed by atoms with Gasteiger partial charge in [-0.05, 0) is 36.6 Å². The summed E-state index contributed by atoms with van der Waals surface area (Å²) >= 11 is 13.0. The number of carbonyl (C=O) groups is 3. The van der Waals surface area contributed by atoms with Gasteiger partial charge in [0.25, 0.3) is 5.91 Å². The average molecular weight is 400 g/mol. The summed E-state index contributed by atoms with van der Waals surface area (Å²) in [6.45, 7) is 1.44. The van der Waals surface area contributed by atoms with E-state index >= 15 is 0 Å². The van der Waals surface area contributed by atoms with Crippen LogP contribution in [0.2, 0.25) is 10.0 Å². The summed E-state index contributed by atoms with van der Waals surface area (Å²) in [6, 6.07) is 8.06. The van der Waals surface area contributed by atoms with Crippen LogP contribution in [0.4, 0.5) is 5.69 Å². The molecular formula is C17H15Cl2NO4S. The molecule has 1 atom stereocenters. The Bertz CT molecular complexity index is 757. The van der Waals surface area contributed by atoms with E-state index in [-0.39, 0.29) is 18.6 Å². The van der Waals surface area contributed by atoms with Crippen molar-refractivity contribution in [2.75, 3.05) is 5.32 Å². The van der Waals surface area contributed by atoms with Gasteiger partial charge in [0.2, 0.25) is 0 Å². The number of esters is 1. The molecule has 0 bridgehead atoms. The van der Waals surface area contributed by atoms with Gasteiger partial charge in [0, 0.05) is 22.2 Å². The topological polar surface area (TPSA) is 72.5 Å². The van der Waals surface area contributed by atoms with Crippen LogP contribution in [-0.2, 0) is 14.3 Å². The van der Waals surface area contributed by atoms with Gasteiger partial charge in [-0.2, -0.15) is 0 Å². The Kier molecular flexibility index (Phi) is 6.99. The second kappa shape index (κ2) is 8.99. The highest BCUT2D eigenvalue weighted by atomic mass is 35.5. The first kappa shape index (κ1) is 19.4. The van der Waals surface area contributed by atoms with Crippen molar-refractivity contribution in [1.29, 1.82) is 0 Å². The Morgan fingerprint density at radius 2 is 1.84 bits per heavy atom. The largest absolute Gasteiger partial charge is 0.453 e. The Labute approximate surface area is 158 Å². The normalized spacial score (nSPS) is 11.6. The van der Waals surface area contributed by atoms with Gasteiger partial charge in [-0.15, -0.1) is 11.3 Å². The summed E-state index contributed by atoms with van der Waals surface area (Å²) in [4.78, 5) is 36.3. The van der Waals surface area contributed by atoms with Crippen molar-refractivity contribution in [3.05, 3.63) is 50.6 Å². The Hall–Kier alpha value is -1.89. The minimum atomic E-state index is -1.01. The summed E-state index contributed by atoms with van der Waals surface area (Å²) in [5.41, 5.74) is 0.401. The highest BCUT2D eigenvalue weighted by molar-refractivity contribution is 7.12. The molecule has 0 aliphatic heterocycles. The molecule has 0 fully saturated rings. The van der Waals surface area contributed by atoms with Crippen LogP contribution in [0.1, 0.15) is 29.4 Å². The summed E-state index contributed by atoms with van der Waals surface area (Å²) in [7, 11) is 0. The third-order valence-electron chi connectivity index (χ3n) is 3.16. The number of thiophene rings is 1. The molecule has 2 aromatic rings. The maximum Gasteiger partial charge on any atom is 0.307 e. The number of hydrogen-bond acceptors (Lipinski definition) is 5. The number of carbonyl (C=O) groups excluding carboxylic acids is 3. The summed E-state index contributed by atoms with van der Waals surface area (Å²) in [5, 5.41) is 5.11. The maximum absolute atomic E-state index is 12.1. The third kappa shape index (κ3) is 6.16. The quantitative estimate of drug-likeness (QED) is 0.545. The van der Waals surface area contributed by atoms with E-state index in [2.05, 4.69) is 5.32 Å². The van der Waals surface area contributed by atoms with Gasteiger partial charge >= 0.3 is 5.97 Å². The molecule has 1 N–H and O–H groups in total. The van der Waals surface area contributed by atoms with E-state index in [1.165, 1.54) is 36.5 Å². The Morgan fingerprint density at radius 3 is 2.44 bits per heavy atom. The van der Waals surface area contributed by atoms with Crippen LogP contribution >= 0.6 is 34.5 Å². The summed E-state index contributed by atoms with van der Waals surface area (Å²) in [6.07, 6.45) is -1.06. The lowest BCUT2D eigenvalue weighted by Crippen LogP contribution is -2.30. The zero-order chi connectivity index (χ0) is 18.4. The van der Waals surface area contributed by atoms with E-state index in [0.29, 0.717) is 20.6 Å². The van der Waals surface area contributed by atoms with E-state index < -0.39 is 18.0 Å². The number of nitrogens with one attached hydrogen (secondary N) is 1. The van der Waals surface area contributed by atoms with Crippen LogP contribution in [0.25, 0.3) is 0 Å². The van der Waals surface area contributed by atoms with Gasteiger partial charge in [-0.1, -0.05) is 29.3 Å². The lowest BCUT2D eigenvalue weighted by molar-refractivity contribution is -0.153. The van der Waals surface area contributed by atoms with Gasteiger partial charge in [-0.25, -0.2) is 0 Å². The number of amides is 1. The lowest BCUT2D eigenvalue weighted by Gasteiger charge is -2.13. The molecule has 0 saturated carbocycles. The number of anilines is 1. The molecule has 0 radical (unpaired) electrons. The number of Topliss-reactive ketones (excluding diaryl/α,β-unsaturated/α-hetero) is 1. The molecule has 0 aliphatic carbocycles. The van der Waals surface area contributed by atoms with Crippen molar-refractivity contribution >= 4 is 57.9 Å².